The summed E-state index contributed by atoms with van der Waals surface area (Å²) in [4.78, 5) is 9.61. The topological polar surface area (TPSA) is 52.1 Å². The maximum absolute atomic E-state index is 5.10. The lowest BCUT2D eigenvalue weighted by molar-refractivity contribution is 0.159. The maximum Gasteiger partial charge on any atom is 0.191 e. The minimum atomic E-state index is 0. The lowest BCUT2D eigenvalue weighted by Gasteiger charge is -2.33. The number of guanidine groups is 1. The van der Waals surface area contributed by atoms with Gasteiger partial charge in [0.15, 0.2) is 5.96 Å². The van der Waals surface area contributed by atoms with Gasteiger partial charge < -0.3 is 25.2 Å². The molecule has 1 rings (SSSR count). The number of hydrogen-bond acceptors (Lipinski definition) is 4. The zero-order valence-electron chi connectivity index (χ0n) is 17.4. The second kappa shape index (κ2) is 17.0. The summed E-state index contributed by atoms with van der Waals surface area (Å²) in [5, 5.41) is 6.82. The van der Waals surface area contributed by atoms with Crippen LogP contribution < -0.4 is 10.6 Å². The van der Waals surface area contributed by atoms with Gasteiger partial charge in [-0.1, -0.05) is 6.42 Å². The fourth-order valence-corrected chi connectivity index (χ4v) is 3.21. The summed E-state index contributed by atoms with van der Waals surface area (Å²) >= 11 is 0. The fraction of sp³-hybridized carbons (Fsp3) is 0.947. The molecule has 1 heterocycles. The van der Waals surface area contributed by atoms with E-state index in [0.29, 0.717) is 0 Å². The highest BCUT2D eigenvalue weighted by Crippen LogP contribution is 2.15. The molecular weight excluding hydrogens is 441 g/mol. The van der Waals surface area contributed by atoms with Crippen LogP contribution in [-0.2, 0) is 4.74 Å². The summed E-state index contributed by atoms with van der Waals surface area (Å²) in [5.41, 5.74) is 0. The molecule has 0 saturated carbocycles. The van der Waals surface area contributed by atoms with Crippen molar-refractivity contribution >= 4 is 29.9 Å². The van der Waals surface area contributed by atoms with Gasteiger partial charge in [0.25, 0.3) is 0 Å². The molecular formula is C19H42IN5O. The van der Waals surface area contributed by atoms with Crippen LogP contribution in [-0.4, -0.2) is 88.4 Å². The van der Waals surface area contributed by atoms with E-state index in [4.69, 9.17) is 4.74 Å². The van der Waals surface area contributed by atoms with Crippen molar-refractivity contribution in [1.29, 1.82) is 0 Å². The Bertz CT molecular complexity index is 357. The van der Waals surface area contributed by atoms with Gasteiger partial charge in [-0.05, 0) is 59.7 Å². The van der Waals surface area contributed by atoms with Gasteiger partial charge in [-0.25, -0.2) is 0 Å². The first kappa shape index (κ1) is 25.9. The second-order valence-corrected chi connectivity index (χ2v) is 7.07. The van der Waals surface area contributed by atoms with Gasteiger partial charge in [-0.15, -0.1) is 24.0 Å². The van der Waals surface area contributed by atoms with Gasteiger partial charge in [0.05, 0.1) is 6.61 Å². The predicted octanol–water partition coefficient (Wildman–Crippen LogP) is 2.39. The summed E-state index contributed by atoms with van der Waals surface area (Å²) in [7, 11) is 3.88. The molecule has 0 amide bonds. The van der Waals surface area contributed by atoms with Crippen molar-refractivity contribution in [2.75, 3.05) is 66.6 Å². The van der Waals surface area contributed by atoms with Crippen molar-refractivity contribution in [3.05, 3.63) is 0 Å². The van der Waals surface area contributed by atoms with E-state index in [1.165, 1.54) is 38.8 Å². The van der Waals surface area contributed by atoms with E-state index in [-0.39, 0.29) is 24.0 Å². The van der Waals surface area contributed by atoms with Crippen molar-refractivity contribution in [3.8, 4) is 0 Å². The van der Waals surface area contributed by atoms with Crippen molar-refractivity contribution < 1.29 is 4.74 Å². The van der Waals surface area contributed by atoms with Gasteiger partial charge in [-0.3, -0.25) is 4.99 Å². The van der Waals surface area contributed by atoms with E-state index < -0.39 is 0 Å². The second-order valence-electron chi connectivity index (χ2n) is 7.07. The zero-order chi connectivity index (χ0) is 18.3. The smallest absolute Gasteiger partial charge is 0.191 e. The maximum atomic E-state index is 5.10. The lowest BCUT2D eigenvalue weighted by atomic mass is 10.0. The predicted molar refractivity (Wildman–Crippen MR) is 123 cm³/mol. The van der Waals surface area contributed by atoms with Crippen LogP contribution >= 0.6 is 24.0 Å². The standard InChI is InChI=1S/C19H41N5O.HI/c1-5-20-19(21-11-8-13-23(3)16-17-25-4)22-12-9-15-24-14-7-6-10-18(24)2;/h18H,5-17H2,1-4H3,(H2,20,21,22);1H. The fourth-order valence-electron chi connectivity index (χ4n) is 3.21. The van der Waals surface area contributed by atoms with Crippen LogP contribution in [0.15, 0.2) is 4.99 Å². The summed E-state index contributed by atoms with van der Waals surface area (Å²) in [6, 6.07) is 0.755. The summed E-state index contributed by atoms with van der Waals surface area (Å²) in [6.45, 7) is 12.5. The number of piperidine rings is 1. The minimum Gasteiger partial charge on any atom is -0.383 e. The average Bonchev–Trinajstić information content (AvgIpc) is 2.61. The summed E-state index contributed by atoms with van der Waals surface area (Å²) < 4.78 is 5.10. The lowest BCUT2D eigenvalue weighted by Crippen LogP contribution is -2.41. The van der Waals surface area contributed by atoms with E-state index in [1.54, 1.807) is 7.11 Å². The number of hydrogen-bond donors (Lipinski definition) is 2. The van der Waals surface area contributed by atoms with E-state index >= 15 is 0 Å². The molecule has 2 N–H and O–H groups in total. The Labute approximate surface area is 178 Å². The highest BCUT2D eigenvalue weighted by atomic mass is 127. The minimum absolute atomic E-state index is 0. The van der Waals surface area contributed by atoms with Crippen molar-refractivity contribution in [2.45, 2.75) is 52.0 Å². The van der Waals surface area contributed by atoms with E-state index in [1.807, 2.05) is 0 Å². The molecule has 1 aliphatic heterocycles. The number of nitrogens with one attached hydrogen (secondary N) is 2. The van der Waals surface area contributed by atoms with Crippen molar-refractivity contribution in [3.63, 3.8) is 0 Å². The van der Waals surface area contributed by atoms with Gasteiger partial charge in [0.2, 0.25) is 0 Å². The molecule has 0 aliphatic carbocycles. The quantitative estimate of drug-likeness (QED) is 0.193. The Kier molecular flexibility index (Phi) is 16.9. The SMILES string of the molecule is CCNC(=NCCCN(C)CCOC)NCCCN1CCCCC1C.I. The number of likely N-dealkylation sites (tertiary alicyclic amines) is 1. The molecule has 1 fully saturated rings. The Morgan fingerprint density at radius 1 is 1.23 bits per heavy atom. The van der Waals surface area contributed by atoms with E-state index in [0.717, 1.165) is 57.8 Å². The number of methoxy groups -OCH3 is 1. The molecule has 0 aromatic carbocycles. The molecule has 1 unspecified atom stereocenters. The average molecular weight is 483 g/mol. The molecule has 0 radical (unpaired) electrons. The number of halogens is 1. The molecule has 0 bridgehead atoms. The molecule has 1 atom stereocenters. The first-order valence-corrected chi connectivity index (χ1v) is 10.1. The molecule has 1 aliphatic rings. The Hall–Kier alpha value is -0.120. The summed E-state index contributed by atoms with van der Waals surface area (Å²) in [6.07, 6.45) is 6.36. The van der Waals surface area contributed by atoms with Gasteiger partial charge >= 0.3 is 0 Å². The Balaban J connectivity index is 0.00000625. The first-order chi connectivity index (χ1) is 12.2. The molecule has 0 aromatic heterocycles. The molecule has 6 nitrogen and oxygen atoms in total. The number of rotatable bonds is 12. The van der Waals surface area contributed by atoms with Crippen LogP contribution in [0.25, 0.3) is 0 Å². The molecule has 156 valence electrons. The van der Waals surface area contributed by atoms with Gasteiger partial charge in [0.1, 0.15) is 0 Å². The number of nitrogens with zero attached hydrogens (tertiary/aromatic N) is 3. The molecule has 0 aromatic rings. The van der Waals surface area contributed by atoms with Crippen LogP contribution in [0.5, 0.6) is 0 Å². The van der Waals surface area contributed by atoms with E-state index in [9.17, 15) is 0 Å². The highest BCUT2D eigenvalue weighted by Gasteiger charge is 2.17. The molecule has 0 spiro atoms. The number of aliphatic imine (C=N–C) groups is 1. The number of likely N-dealkylation sites (N-methyl/N-ethyl adjacent to an activating group) is 1. The first-order valence-electron chi connectivity index (χ1n) is 10.1. The van der Waals surface area contributed by atoms with E-state index in [2.05, 4.69) is 46.3 Å². The largest absolute Gasteiger partial charge is 0.383 e. The van der Waals surface area contributed by atoms with Crippen LogP contribution in [0, 0.1) is 0 Å². The van der Waals surface area contributed by atoms with Gasteiger partial charge in [-0.2, -0.15) is 0 Å². The third kappa shape index (κ3) is 12.3. The summed E-state index contributed by atoms with van der Waals surface area (Å²) in [5.74, 6) is 0.953. The van der Waals surface area contributed by atoms with Crippen LogP contribution in [0.1, 0.15) is 46.0 Å². The Morgan fingerprint density at radius 2 is 2.04 bits per heavy atom. The van der Waals surface area contributed by atoms with Crippen LogP contribution in [0.3, 0.4) is 0 Å². The third-order valence-electron chi connectivity index (χ3n) is 4.84. The monoisotopic (exact) mass is 483 g/mol. The van der Waals surface area contributed by atoms with Crippen molar-refractivity contribution in [1.82, 2.24) is 20.4 Å². The number of ether oxygens (including phenoxy) is 1. The highest BCUT2D eigenvalue weighted by molar-refractivity contribution is 14.0. The van der Waals surface area contributed by atoms with Crippen LogP contribution in [0.2, 0.25) is 0 Å². The third-order valence-corrected chi connectivity index (χ3v) is 4.84. The zero-order valence-corrected chi connectivity index (χ0v) is 19.8. The normalized spacial score (nSPS) is 18.7. The van der Waals surface area contributed by atoms with Crippen LogP contribution in [0.4, 0.5) is 0 Å². The Morgan fingerprint density at radius 3 is 2.73 bits per heavy atom. The van der Waals surface area contributed by atoms with Crippen molar-refractivity contribution in [2.24, 2.45) is 4.99 Å². The van der Waals surface area contributed by atoms with Gasteiger partial charge in [0, 0.05) is 45.9 Å². The molecule has 26 heavy (non-hydrogen) atoms. The molecule has 1 saturated heterocycles. The molecule has 7 heteroatoms.